The van der Waals surface area contributed by atoms with Crippen LogP contribution in [0.5, 0.6) is 0 Å². The molecule has 100 valence electrons. The average molecular weight is 323 g/mol. The Labute approximate surface area is 121 Å². The molecular formula is C15H16BrFN2. The second-order valence-corrected chi connectivity index (χ2v) is 5.18. The Kier molecular flexibility index (Phi) is 4.56. The molecule has 0 heterocycles. The molecule has 2 nitrogen and oxygen atoms in total. The molecule has 2 aromatic rings. The van der Waals surface area contributed by atoms with Gasteiger partial charge in [-0.2, -0.15) is 0 Å². The quantitative estimate of drug-likeness (QED) is 0.912. The van der Waals surface area contributed by atoms with Gasteiger partial charge < -0.3 is 10.2 Å². The molecule has 0 amide bonds. The first-order valence-corrected chi connectivity index (χ1v) is 6.84. The van der Waals surface area contributed by atoms with Gasteiger partial charge in [-0.3, -0.25) is 0 Å². The molecule has 0 saturated heterocycles. The second-order valence-electron chi connectivity index (χ2n) is 4.33. The van der Waals surface area contributed by atoms with Gasteiger partial charge in [0.15, 0.2) is 0 Å². The third-order valence-corrected chi connectivity index (χ3v) is 3.60. The van der Waals surface area contributed by atoms with Gasteiger partial charge in [0.25, 0.3) is 0 Å². The van der Waals surface area contributed by atoms with Crippen molar-refractivity contribution in [1.82, 2.24) is 5.32 Å². The van der Waals surface area contributed by atoms with Gasteiger partial charge in [-0.25, -0.2) is 4.39 Å². The number of nitrogens with zero attached hydrogens (tertiary/aromatic N) is 1. The maximum atomic E-state index is 13.8. The van der Waals surface area contributed by atoms with Gasteiger partial charge >= 0.3 is 0 Å². The highest BCUT2D eigenvalue weighted by Gasteiger charge is 2.11. The molecule has 4 heteroatoms. The lowest BCUT2D eigenvalue weighted by molar-refractivity contribution is 0.627. The number of hydrogen-bond donors (Lipinski definition) is 1. The molecule has 0 radical (unpaired) electrons. The first-order chi connectivity index (χ1) is 9.13. The zero-order valence-corrected chi connectivity index (χ0v) is 12.5. The Balaban J connectivity index is 2.34. The maximum Gasteiger partial charge on any atom is 0.146 e. The van der Waals surface area contributed by atoms with E-state index in [1.165, 1.54) is 11.6 Å². The van der Waals surface area contributed by atoms with Gasteiger partial charge in [0.1, 0.15) is 5.82 Å². The van der Waals surface area contributed by atoms with E-state index in [1.54, 1.807) is 12.1 Å². The molecule has 0 spiro atoms. The number of anilines is 2. The van der Waals surface area contributed by atoms with Crippen LogP contribution in [0, 0.1) is 5.82 Å². The first kappa shape index (κ1) is 14.0. The number of rotatable bonds is 4. The molecule has 0 aliphatic rings. The predicted octanol–water partition coefficient (Wildman–Crippen LogP) is 4.08. The van der Waals surface area contributed by atoms with Crippen LogP contribution in [0.2, 0.25) is 0 Å². The summed E-state index contributed by atoms with van der Waals surface area (Å²) in [6, 6.07) is 12.8. The molecule has 0 atom stereocenters. The number of benzene rings is 2. The van der Waals surface area contributed by atoms with Crippen molar-refractivity contribution >= 4 is 27.3 Å². The molecule has 19 heavy (non-hydrogen) atoms. The van der Waals surface area contributed by atoms with Crippen molar-refractivity contribution in [2.45, 2.75) is 6.54 Å². The minimum Gasteiger partial charge on any atom is -0.341 e. The number of hydrogen-bond acceptors (Lipinski definition) is 2. The third kappa shape index (κ3) is 3.14. The monoisotopic (exact) mass is 322 g/mol. The molecule has 0 saturated carbocycles. The van der Waals surface area contributed by atoms with Crippen LogP contribution in [0.4, 0.5) is 15.8 Å². The van der Waals surface area contributed by atoms with Crippen molar-refractivity contribution in [1.29, 1.82) is 0 Å². The standard InChI is InChI=1S/C15H16BrFN2/c1-18-10-11-7-8-14(12(16)9-11)19(2)15-6-4-3-5-13(15)17/h3-9,18H,10H2,1-2H3. The van der Waals surface area contributed by atoms with E-state index in [1.807, 2.05) is 43.3 Å². The average Bonchev–Trinajstić information content (AvgIpc) is 2.39. The lowest BCUT2D eigenvalue weighted by atomic mass is 10.2. The van der Waals surface area contributed by atoms with Crippen LogP contribution < -0.4 is 10.2 Å². The highest BCUT2D eigenvalue weighted by Crippen LogP contribution is 2.32. The van der Waals surface area contributed by atoms with E-state index in [-0.39, 0.29) is 5.82 Å². The minimum absolute atomic E-state index is 0.226. The number of nitrogens with one attached hydrogen (secondary N) is 1. The highest BCUT2D eigenvalue weighted by atomic mass is 79.9. The molecule has 2 rings (SSSR count). The topological polar surface area (TPSA) is 15.3 Å². The molecular weight excluding hydrogens is 307 g/mol. The smallest absolute Gasteiger partial charge is 0.146 e. The van der Waals surface area contributed by atoms with Crippen molar-refractivity contribution in [3.05, 3.63) is 58.3 Å². The van der Waals surface area contributed by atoms with E-state index in [0.29, 0.717) is 5.69 Å². The van der Waals surface area contributed by atoms with Crippen LogP contribution in [-0.4, -0.2) is 14.1 Å². The second kappa shape index (κ2) is 6.17. The number of halogens is 2. The Hall–Kier alpha value is -1.39. The van der Waals surface area contributed by atoms with Gasteiger partial charge in [0, 0.05) is 18.1 Å². The minimum atomic E-state index is -0.226. The molecule has 0 fully saturated rings. The fraction of sp³-hybridized carbons (Fsp3) is 0.200. The molecule has 0 aromatic heterocycles. The summed E-state index contributed by atoms with van der Waals surface area (Å²) in [6.45, 7) is 0.808. The number of para-hydroxylation sites is 1. The predicted molar refractivity (Wildman–Crippen MR) is 81.4 cm³/mol. The van der Waals surface area contributed by atoms with Crippen molar-refractivity contribution in [2.75, 3.05) is 19.0 Å². The summed E-state index contributed by atoms with van der Waals surface area (Å²) >= 11 is 3.55. The zero-order valence-electron chi connectivity index (χ0n) is 11.0. The van der Waals surface area contributed by atoms with Crippen LogP contribution in [0.25, 0.3) is 0 Å². The van der Waals surface area contributed by atoms with Crippen LogP contribution in [0.3, 0.4) is 0 Å². The first-order valence-electron chi connectivity index (χ1n) is 6.04. The van der Waals surface area contributed by atoms with E-state index < -0.39 is 0 Å². The molecule has 0 aliphatic heterocycles. The van der Waals surface area contributed by atoms with Gasteiger partial charge in [-0.05, 0) is 52.8 Å². The fourth-order valence-electron chi connectivity index (χ4n) is 1.99. The largest absolute Gasteiger partial charge is 0.341 e. The molecule has 1 N–H and O–H groups in total. The van der Waals surface area contributed by atoms with E-state index in [2.05, 4.69) is 21.2 Å². The summed E-state index contributed by atoms with van der Waals surface area (Å²) in [4.78, 5) is 1.84. The fourth-order valence-corrected chi connectivity index (χ4v) is 2.68. The summed E-state index contributed by atoms with van der Waals surface area (Å²) < 4.78 is 14.7. The van der Waals surface area contributed by atoms with Crippen molar-refractivity contribution in [3.63, 3.8) is 0 Å². The summed E-state index contributed by atoms with van der Waals surface area (Å²) in [5.74, 6) is -0.226. The van der Waals surface area contributed by atoms with Crippen LogP contribution in [0.1, 0.15) is 5.56 Å². The zero-order chi connectivity index (χ0) is 13.8. The maximum absolute atomic E-state index is 13.8. The van der Waals surface area contributed by atoms with Crippen LogP contribution in [-0.2, 0) is 6.54 Å². The Morgan fingerprint density at radius 2 is 1.89 bits per heavy atom. The van der Waals surface area contributed by atoms with Gasteiger partial charge in [-0.15, -0.1) is 0 Å². The summed E-state index contributed by atoms with van der Waals surface area (Å²) in [6.07, 6.45) is 0. The van der Waals surface area contributed by atoms with Crippen LogP contribution in [0.15, 0.2) is 46.9 Å². The Bertz CT molecular complexity index is 572. The summed E-state index contributed by atoms with van der Waals surface area (Å²) in [7, 11) is 3.77. The van der Waals surface area contributed by atoms with E-state index >= 15 is 0 Å². The van der Waals surface area contributed by atoms with E-state index in [9.17, 15) is 4.39 Å². The van der Waals surface area contributed by atoms with E-state index in [4.69, 9.17) is 0 Å². The van der Waals surface area contributed by atoms with Crippen molar-refractivity contribution in [3.8, 4) is 0 Å². The Morgan fingerprint density at radius 1 is 1.16 bits per heavy atom. The summed E-state index contributed by atoms with van der Waals surface area (Å²) in [5.41, 5.74) is 2.68. The van der Waals surface area contributed by atoms with Gasteiger partial charge in [-0.1, -0.05) is 18.2 Å². The third-order valence-electron chi connectivity index (χ3n) is 2.97. The van der Waals surface area contributed by atoms with Crippen LogP contribution >= 0.6 is 15.9 Å². The highest BCUT2D eigenvalue weighted by molar-refractivity contribution is 9.10. The van der Waals surface area contributed by atoms with E-state index in [0.717, 1.165) is 16.7 Å². The SMILES string of the molecule is CNCc1ccc(N(C)c2ccccc2F)c(Br)c1. The lowest BCUT2D eigenvalue weighted by Crippen LogP contribution is -2.12. The van der Waals surface area contributed by atoms with Gasteiger partial charge in [0.2, 0.25) is 0 Å². The molecule has 2 aromatic carbocycles. The molecule has 0 aliphatic carbocycles. The van der Waals surface area contributed by atoms with Gasteiger partial charge in [0.05, 0.1) is 11.4 Å². The van der Waals surface area contributed by atoms with Crippen molar-refractivity contribution in [2.24, 2.45) is 0 Å². The summed E-state index contributed by atoms with van der Waals surface area (Å²) in [5, 5.41) is 3.11. The molecule has 0 bridgehead atoms. The van der Waals surface area contributed by atoms with Crippen molar-refractivity contribution < 1.29 is 4.39 Å². The normalized spacial score (nSPS) is 10.5. The molecule has 0 unspecified atom stereocenters. The lowest BCUT2D eigenvalue weighted by Gasteiger charge is -2.22. The Morgan fingerprint density at radius 3 is 2.53 bits per heavy atom.